The van der Waals surface area contributed by atoms with Gasteiger partial charge in [-0.15, -0.1) is 0 Å². The molecule has 1 aliphatic rings. The Bertz CT molecular complexity index is 670. The van der Waals surface area contributed by atoms with Crippen LogP contribution in [0.2, 0.25) is 0 Å². The van der Waals surface area contributed by atoms with Crippen molar-refractivity contribution in [1.29, 1.82) is 0 Å². The number of rotatable bonds is 3. The highest BCUT2D eigenvalue weighted by molar-refractivity contribution is 5.57. The predicted octanol–water partition coefficient (Wildman–Crippen LogP) is 4.51. The second kappa shape index (κ2) is 4.95. The first kappa shape index (κ1) is 13.7. The van der Waals surface area contributed by atoms with Crippen molar-refractivity contribution in [2.75, 3.05) is 5.32 Å². The van der Waals surface area contributed by atoms with Crippen molar-refractivity contribution < 1.29 is 13.9 Å². The van der Waals surface area contributed by atoms with Gasteiger partial charge in [-0.1, -0.05) is 12.1 Å². The molecule has 2 aromatic rings. The van der Waals surface area contributed by atoms with Gasteiger partial charge in [-0.05, 0) is 36.8 Å². The van der Waals surface area contributed by atoms with Crippen LogP contribution < -0.4 is 14.8 Å². The van der Waals surface area contributed by atoms with Crippen LogP contribution in [0.1, 0.15) is 32.4 Å². The van der Waals surface area contributed by atoms with Crippen LogP contribution in [-0.2, 0) is 0 Å². The van der Waals surface area contributed by atoms with E-state index in [0.29, 0.717) is 0 Å². The van der Waals surface area contributed by atoms with Crippen LogP contribution in [0, 0.1) is 5.82 Å². The molecule has 110 valence electrons. The van der Waals surface area contributed by atoms with Gasteiger partial charge < -0.3 is 14.8 Å². The predicted molar refractivity (Wildman–Crippen MR) is 80.2 cm³/mol. The molecule has 0 radical (unpaired) electrons. The molecule has 0 bridgehead atoms. The summed E-state index contributed by atoms with van der Waals surface area (Å²) < 4.78 is 24.6. The molecule has 1 N–H and O–H groups in total. The highest BCUT2D eigenvalue weighted by atomic mass is 19.1. The molecule has 2 aromatic carbocycles. The minimum Gasteiger partial charge on any atom is -0.449 e. The van der Waals surface area contributed by atoms with Crippen molar-refractivity contribution in [2.45, 2.75) is 32.6 Å². The fourth-order valence-electron chi connectivity index (χ4n) is 2.42. The van der Waals surface area contributed by atoms with E-state index in [1.54, 1.807) is 6.07 Å². The van der Waals surface area contributed by atoms with Crippen molar-refractivity contribution >= 4 is 5.69 Å². The third-order valence-corrected chi connectivity index (χ3v) is 3.39. The summed E-state index contributed by atoms with van der Waals surface area (Å²) in [4.78, 5) is 0. The third kappa shape index (κ3) is 2.94. The zero-order valence-electron chi connectivity index (χ0n) is 12.3. The summed E-state index contributed by atoms with van der Waals surface area (Å²) in [6, 6.07) is 12.3. The van der Waals surface area contributed by atoms with Gasteiger partial charge in [0.1, 0.15) is 5.82 Å². The molecular formula is C17H18FNO2. The van der Waals surface area contributed by atoms with Crippen molar-refractivity contribution in [3.63, 3.8) is 0 Å². The van der Waals surface area contributed by atoms with Gasteiger partial charge in [0.25, 0.3) is 0 Å². The summed E-state index contributed by atoms with van der Waals surface area (Å²) in [5.41, 5.74) is 1.81. The molecule has 21 heavy (non-hydrogen) atoms. The lowest BCUT2D eigenvalue weighted by Gasteiger charge is -2.16. The molecule has 4 heteroatoms. The number of anilines is 1. The number of benzene rings is 2. The molecular weight excluding hydrogens is 269 g/mol. The number of ether oxygens (including phenoxy) is 2. The summed E-state index contributed by atoms with van der Waals surface area (Å²) in [6.07, 6.45) is 0. The Morgan fingerprint density at radius 1 is 1.05 bits per heavy atom. The molecule has 0 aliphatic carbocycles. The van der Waals surface area contributed by atoms with E-state index in [0.717, 1.165) is 22.7 Å². The van der Waals surface area contributed by atoms with Crippen molar-refractivity contribution in [3.8, 4) is 11.5 Å². The van der Waals surface area contributed by atoms with Crippen molar-refractivity contribution in [2.24, 2.45) is 0 Å². The maximum Gasteiger partial charge on any atom is 0.246 e. The van der Waals surface area contributed by atoms with E-state index < -0.39 is 5.79 Å². The Morgan fingerprint density at radius 3 is 2.57 bits per heavy atom. The number of fused-ring (bicyclic) bond motifs is 1. The van der Waals surface area contributed by atoms with E-state index in [2.05, 4.69) is 5.32 Å². The number of hydrogen-bond donors (Lipinski definition) is 1. The zero-order chi connectivity index (χ0) is 15.0. The van der Waals surface area contributed by atoms with Gasteiger partial charge in [0.15, 0.2) is 11.5 Å². The first-order valence-electron chi connectivity index (χ1n) is 6.97. The molecule has 0 saturated carbocycles. The van der Waals surface area contributed by atoms with Gasteiger partial charge in [0.2, 0.25) is 5.79 Å². The van der Waals surface area contributed by atoms with E-state index in [9.17, 15) is 4.39 Å². The van der Waals surface area contributed by atoms with Gasteiger partial charge >= 0.3 is 0 Å². The minimum atomic E-state index is -0.630. The standard InChI is InChI=1S/C17H18FNO2/c1-11(12-5-4-6-13(18)9-12)19-14-7-8-15-16(10-14)21-17(2,3)20-15/h4-11,19H,1-3H3. The summed E-state index contributed by atoms with van der Waals surface area (Å²) >= 11 is 0. The van der Waals surface area contributed by atoms with E-state index in [4.69, 9.17) is 9.47 Å². The maximum absolute atomic E-state index is 13.3. The van der Waals surface area contributed by atoms with Crippen molar-refractivity contribution in [1.82, 2.24) is 0 Å². The first-order chi connectivity index (χ1) is 9.93. The maximum atomic E-state index is 13.3. The summed E-state index contributed by atoms with van der Waals surface area (Å²) in [5, 5.41) is 3.34. The minimum absolute atomic E-state index is 0.00548. The molecule has 1 aliphatic heterocycles. The lowest BCUT2D eigenvalue weighted by atomic mass is 10.1. The monoisotopic (exact) mass is 287 g/mol. The molecule has 1 unspecified atom stereocenters. The second-order valence-electron chi connectivity index (χ2n) is 5.69. The van der Waals surface area contributed by atoms with Crippen LogP contribution in [0.4, 0.5) is 10.1 Å². The Labute approximate surface area is 123 Å². The summed E-state index contributed by atoms with van der Waals surface area (Å²) in [5.74, 6) is 0.601. The topological polar surface area (TPSA) is 30.5 Å². The number of nitrogens with one attached hydrogen (secondary N) is 1. The Morgan fingerprint density at radius 2 is 1.81 bits per heavy atom. The fraction of sp³-hybridized carbons (Fsp3) is 0.294. The van der Waals surface area contributed by atoms with E-state index in [1.807, 2.05) is 45.0 Å². The van der Waals surface area contributed by atoms with Crippen LogP contribution in [0.25, 0.3) is 0 Å². The average Bonchev–Trinajstić information content (AvgIpc) is 2.72. The molecule has 3 rings (SSSR count). The average molecular weight is 287 g/mol. The van der Waals surface area contributed by atoms with E-state index in [1.165, 1.54) is 12.1 Å². The molecule has 0 fully saturated rings. The van der Waals surface area contributed by atoms with Crippen LogP contribution in [0.15, 0.2) is 42.5 Å². The van der Waals surface area contributed by atoms with Gasteiger partial charge in [-0.2, -0.15) is 0 Å². The van der Waals surface area contributed by atoms with Gasteiger partial charge in [0, 0.05) is 31.6 Å². The summed E-state index contributed by atoms with van der Waals surface area (Å²) in [7, 11) is 0. The Hall–Kier alpha value is -2.23. The normalized spacial score (nSPS) is 16.6. The van der Waals surface area contributed by atoms with Crippen LogP contribution >= 0.6 is 0 Å². The summed E-state index contributed by atoms with van der Waals surface area (Å²) in [6.45, 7) is 5.73. The SMILES string of the molecule is CC(Nc1ccc2c(c1)OC(C)(C)O2)c1cccc(F)c1. The Kier molecular flexibility index (Phi) is 3.24. The smallest absolute Gasteiger partial charge is 0.246 e. The lowest BCUT2D eigenvalue weighted by molar-refractivity contribution is -0.0431. The van der Waals surface area contributed by atoms with Crippen LogP contribution in [-0.4, -0.2) is 5.79 Å². The van der Waals surface area contributed by atoms with Gasteiger partial charge in [-0.3, -0.25) is 0 Å². The highest BCUT2D eigenvalue weighted by Crippen LogP contribution is 2.41. The zero-order valence-corrected chi connectivity index (χ0v) is 12.3. The molecule has 1 atom stereocenters. The number of hydrogen-bond acceptors (Lipinski definition) is 3. The third-order valence-electron chi connectivity index (χ3n) is 3.39. The fourth-order valence-corrected chi connectivity index (χ4v) is 2.42. The van der Waals surface area contributed by atoms with Crippen molar-refractivity contribution in [3.05, 3.63) is 53.8 Å². The molecule has 0 aromatic heterocycles. The van der Waals surface area contributed by atoms with E-state index >= 15 is 0 Å². The van der Waals surface area contributed by atoms with Crippen LogP contribution in [0.3, 0.4) is 0 Å². The van der Waals surface area contributed by atoms with Gasteiger partial charge in [-0.25, -0.2) is 4.39 Å². The highest BCUT2D eigenvalue weighted by Gasteiger charge is 2.31. The largest absolute Gasteiger partial charge is 0.449 e. The quantitative estimate of drug-likeness (QED) is 0.901. The Balaban J connectivity index is 1.77. The molecule has 1 heterocycles. The van der Waals surface area contributed by atoms with Gasteiger partial charge in [0.05, 0.1) is 0 Å². The molecule has 0 saturated heterocycles. The first-order valence-corrected chi connectivity index (χ1v) is 6.97. The molecule has 0 spiro atoms. The molecule has 3 nitrogen and oxygen atoms in total. The number of halogens is 1. The van der Waals surface area contributed by atoms with E-state index in [-0.39, 0.29) is 11.9 Å². The second-order valence-corrected chi connectivity index (χ2v) is 5.69. The van der Waals surface area contributed by atoms with Crippen LogP contribution in [0.5, 0.6) is 11.5 Å². The lowest BCUT2D eigenvalue weighted by Crippen LogP contribution is -2.29. The molecule has 0 amide bonds.